The Labute approximate surface area is 206 Å². The number of ether oxygens (including phenoxy) is 2. The molecule has 2 heterocycles. The van der Waals surface area contributed by atoms with Crippen molar-refractivity contribution in [3.05, 3.63) is 48.0 Å². The molecule has 9 nitrogen and oxygen atoms in total. The van der Waals surface area contributed by atoms with Crippen molar-refractivity contribution >= 4 is 23.9 Å². The Bertz CT molecular complexity index is 917. The zero-order chi connectivity index (χ0) is 25.2. The molecule has 3 amide bonds. The Balaban J connectivity index is 1.66. The number of alkyl carbamates (subject to hydrolysis) is 1. The van der Waals surface area contributed by atoms with E-state index in [0.717, 1.165) is 18.4 Å². The van der Waals surface area contributed by atoms with Gasteiger partial charge >= 0.3 is 12.1 Å². The Morgan fingerprint density at radius 3 is 2.63 bits per heavy atom. The molecular formula is C26H35N3O6. The normalized spacial score (nSPS) is 23.1. The predicted molar refractivity (Wildman–Crippen MR) is 129 cm³/mol. The number of hydrogen-bond donors (Lipinski definition) is 2. The van der Waals surface area contributed by atoms with Gasteiger partial charge in [-0.05, 0) is 45.1 Å². The van der Waals surface area contributed by atoms with Crippen molar-refractivity contribution in [2.24, 2.45) is 5.92 Å². The van der Waals surface area contributed by atoms with Crippen LogP contribution in [0.3, 0.4) is 0 Å². The van der Waals surface area contributed by atoms with Gasteiger partial charge in [0.15, 0.2) is 0 Å². The highest BCUT2D eigenvalue weighted by atomic mass is 16.6. The van der Waals surface area contributed by atoms with Crippen LogP contribution in [0.2, 0.25) is 0 Å². The molecule has 3 atom stereocenters. The number of nitrogens with zero attached hydrogens (tertiary/aromatic N) is 1. The van der Waals surface area contributed by atoms with Gasteiger partial charge in [-0.2, -0.15) is 0 Å². The fourth-order valence-electron chi connectivity index (χ4n) is 4.30. The lowest BCUT2D eigenvalue weighted by Crippen LogP contribution is -2.46. The SMILES string of the molecule is CC(C)NC(=O)C[C@H]1CC=CC[C@@H](NC(=O)OCc2ccccc2)C(=O)OC[C@@H]2CCCN2C1=O. The molecule has 0 spiro atoms. The number of hydrogen-bond acceptors (Lipinski definition) is 6. The van der Waals surface area contributed by atoms with Crippen LogP contribution in [0.25, 0.3) is 0 Å². The molecule has 0 bridgehead atoms. The number of fused-ring (bicyclic) bond motifs is 1. The molecule has 3 rings (SSSR count). The number of allylic oxidation sites excluding steroid dienone is 1. The molecule has 2 N–H and O–H groups in total. The first-order valence-electron chi connectivity index (χ1n) is 12.2. The topological polar surface area (TPSA) is 114 Å². The summed E-state index contributed by atoms with van der Waals surface area (Å²) in [6.07, 6.45) is 4.98. The lowest BCUT2D eigenvalue weighted by Gasteiger charge is -2.29. The van der Waals surface area contributed by atoms with Crippen molar-refractivity contribution in [2.75, 3.05) is 13.2 Å². The van der Waals surface area contributed by atoms with E-state index in [1.54, 1.807) is 17.1 Å². The van der Waals surface area contributed by atoms with Crippen molar-refractivity contribution in [3.63, 3.8) is 0 Å². The van der Waals surface area contributed by atoms with Crippen LogP contribution in [-0.4, -0.2) is 60.1 Å². The first-order valence-corrected chi connectivity index (χ1v) is 12.2. The Morgan fingerprint density at radius 1 is 1.14 bits per heavy atom. The fourth-order valence-corrected chi connectivity index (χ4v) is 4.30. The maximum atomic E-state index is 13.2. The van der Waals surface area contributed by atoms with E-state index in [-0.39, 0.29) is 50.0 Å². The van der Waals surface area contributed by atoms with Crippen LogP contribution in [0.15, 0.2) is 42.5 Å². The molecule has 0 radical (unpaired) electrons. The van der Waals surface area contributed by atoms with Crippen molar-refractivity contribution in [2.45, 2.75) is 70.7 Å². The van der Waals surface area contributed by atoms with E-state index in [2.05, 4.69) is 10.6 Å². The van der Waals surface area contributed by atoms with E-state index < -0.39 is 24.0 Å². The smallest absolute Gasteiger partial charge is 0.408 e. The summed E-state index contributed by atoms with van der Waals surface area (Å²) in [5.74, 6) is -1.32. The van der Waals surface area contributed by atoms with Gasteiger partial charge in [0.2, 0.25) is 11.8 Å². The van der Waals surface area contributed by atoms with Gasteiger partial charge in [-0.1, -0.05) is 42.5 Å². The molecule has 2 aliphatic rings. The summed E-state index contributed by atoms with van der Waals surface area (Å²) >= 11 is 0. The molecule has 9 heteroatoms. The summed E-state index contributed by atoms with van der Waals surface area (Å²) in [5, 5.41) is 5.44. The number of rotatable bonds is 6. The minimum Gasteiger partial charge on any atom is -0.462 e. The van der Waals surface area contributed by atoms with Crippen molar-refractivity contribution in [1.82, 2.24) is 15.5 Å². The number of cyclic esters (lactones) is 1. The number of esters is 1. The zero-order valence-electron chi connectivity index (χ0n) is 20.4. The minimum atomic E-state index is -0.915. The quantitative estimate of drug-likeness (QED) is 0.473. The maximum Gasteiger partial charge on any atom is 0.408 e. The third-order valence-corrected chi connectivity index (χ3v) is 6.06. The van der Waals surface area contributed by atoms with Crippen LogP contribution in [0.4, 0.5) is 4.79 Å². The molecule has 1 aromatic carbocycles. The molecule has 0 aromatic heterocycles. The number of nitrogens with one attached hydrogen (secondary N) is 2. The Kier molecular flexibility index (Phi) is 9.69. The van der Waals surface area contributed by atoms with E-state index in [0.29, 0.717) is 13.0 Å². The van der Waals surface area contributed by atoms with Crippen LogP contribution >= 0.6 is 0 Å². The summed E-state index contributed by atoms with van der Waals surface area (Å²) in [7, 11) is 0. The van der Waals surface area contributed by atoms with Gasteiger partial charge in [0.25, 0.3) is 0 Å². The summed E-state index contributed by atoms with van der Waals surface area (Å²) in [5.41, 5.74) is 0.836. The highest BCUT2D eigenvalue weighted by molar-refractivity contribution is 5.86. The standard InChI is InChI=1S/C26H35N3O6/c1-18(2)27-23(30)15-20-11-6-7-13-22(28-26(33)35-16-19-9-4-3-5-10-19)25(32)34-17-21-12-8-14-29(21)24(20)31/h3-7,9-10,18,20-22H,8,11-17H2,1-2H3,(H,27,30)(H,28,33)/t20-,21+,22-/m1/s1. The fraction of sp³-hybridized carbons (Fsp3) is 0.538. The molecule has 0 unspecified atom stereocenters. The molecule has 190 valence electrons. The molecule has 1 fully saturated rings. The lowest BCUT2D eigenvalue weighted by molar-refractivity contribution is -0.150. The van der Waals surface area contributed by atoms with Crippen LogP contribution in [0.5, 0.6) is 0 Å². The Hall–Kier alpha value is -3.36. The second kappa shape index (κ2) is 12.9. The minimum absolute atomic E-state index is 0.00758. The van der Waals surface area contributed by atoms with E-state index in [4.69, 9.17) is 9.47 Å². The summed E-state index contributed by atoms with van der Waals surface area (Å²) in [4.78, 5) is 52.4. The highest BCUT2D eigenvalue weighted by Crippen LogP contribution is 2.24. The molecule has 1 aromatic rings. The van der Waals surface area contributed by atoms with E-state index >= 15 is 0 Å². The second-order valence-electron chi connectivity index (χ2n) is 9.28. The number of benzene rings is 1. The van der Waals surface area contributed by atoms with Gasteiger partial charge in [0.05, 0.1) is 12.0 Å². The maximum absolute atomic E-state index is 13.2. The molecule has 0 saturated carbocycles. The van der Waals surface area contributed by atoms with Crippen LogP contribution in [0, 0.1) is 5.92 Å². The van der Waals surface area contributed by atoms with Crippen LogP contribution in [0.1, 0.15) is 51.5 Å². The first kappa shape index (κ1) is 26.2. The largest absolute Gasteiger partial charge is 0.462 e. The van der Waals surface area contributed by atoms with Gasteiger partial charge < -0.3 is 25.0 Å². The van der Waals surface area contributed by atoms with E-state index in [1.807, 2.05) is 44.2 Å². The number of amides is 3. The average molecular weight is 486 g/mol. The van der Waals surface area contributed by atoms with Gasteiger partial charge in [0, 0.05) is 19.0 Å². The van der Waals surface area contributed by atoms with Crippen LogP contribution < -0.4 is 10.6 Å². The summed E-state index contributed by atoms with van der Waals surface area (Å²) < 4.78 is 10.8. The lowest BCUT2D eigenvalue weighted by atomic mass is 9.97. The monoisotopic (exact) mass is 485 g/mol. The third-order valence-electron chi connectivity index (χ3n) is 6.06. The second-order valence-corrected chi connectivity index (χ2v) is 9.28. The summed E-state index contributed by atoms with van der Waals surface area (Å²) in [6, 6.07) is 8.09. The van der Waals surface area contributed by atoms with E-state index in [1.165, 1.54) is 0 Å². The predicted octanol–water partition coefficient (Wildman–Crippen LogP) is 2.70. The van der Waals surface area contributed by atoms with Gasteiger partial charge in [0.1, 0.15) is 19.3 Å². The number of carbonyl (C=O) groups is 4. The van der Waals surface area contributed by atoms with Crippen molar-refractivity contribution in [1.29, 1.82) is 0 Å². The van der Waals surface area contributed by atoms with Crippen molar-refractivity contribution in [3.8, 4) is 0 Å². The van der Waals surface area contributed by atoms with Gasteiger partial charge in [-0.15, -0.1) is 0 Å². The first-order chi connectivity index (χ1) is 16.8. The summed E-state index contributed by atoms with van der Waals surface area (Å²) in [6.45, 7) is 4.47. The van der Waals surface area contributed by atoms with Gasteiger partial charge in [-0.25, -0.2) is 9.59 Å². The average Bonchev–Trinajstić information content (AvgIpc) is 3.30. The molecule has 35 heavy (non-hydrogen) atoms. The third kappa shape index (κ3) is 8.12. The molecule has 0 aliphatic carbocycles. The Morgan fingerprint density at radius 2 is 1.89 bits per heavy atom. The molecular weight excluding hydrogens is 450 g/mol. The zero-order valence-corrected chi connectivity index (χ0v) is 20.4. The van der Waals surface area contributed by atoms with E-state index in [9.17, 15) is 19.2 Å². The highest BCUT2D eigenvalue weighted by Gasteiger charge is 2.35. The van der Waals surface area contributed by atoms with Crippen molar-refractivity contribution < 1.29 is 28.7 Å². The molecule has 2 aliphatic heterocycles. The molecule has 1 saturated heterocycles. The van der Waals surface area contributed by atoms with Gasteiger partial charge in [-0.3, -0.25) is 9.59 Å². The van der Waals surface area contributed by atoms with Crippen LogP contribution in [-0.2, 0) is 30.5 Å². The number of carbonyl (C=O) groups excluding carboxylic acids is 4.